The highest BCUT2D eigenvalue weighted by atomic mass is 16.5. The van der Waals surface area contributed by atoms with Gasteiger partial charge in [0, 0.05) is 17.9 Å². The first-order valence-corrected chi connectivity index (χ1v) is 10.4. The number of nitrogens with one attached hydrogen (secondary N) is 2. The molecule has 0 unspecified atom stereocenters. The topological polar surface area (TPSA) is 84.1 Å². The van der Waals surface area contributed by atoms with Crippen LogP contribution < -0.4 is 15.6 Å². The smallest absolute Gasteiger partial charge is 0.257 e. The molecule has 1 aromatic heterocycles. The lowest BCUT2D eigenvalue weighted by molar-refractivity contribution is -0.116. The van der Waals surface area contributed by atoms with Crippen LogP contribution in [0.1, 0.15) is 29.0 Å². The number of rotatable bonds is 5. The summed E-state index contributed by atoms with van der Waals surface area (Å²) in [6.07, 6.45) is 0.187. The summed E-state index contributed by atoms with van der Waals surface area (Å²) in [7, 11) is 0. The molecule has 0 fully saturated rings. The SMILES string of the molecule is O=C1C[C@H](c2ccc(OCc3ccccc3)cc2)c2c(nc(-c3ccccc3)[nH]c2=O)N1. The van der Waals surface area contributed by atoms with Crippen molar-refractivity contribution in [1.29, 1.82) is 0 Å². The van der Waals surface area contributed by atoms with Crippen molar-refractivity contribution >= 4 is 11.7 Å². The zero-order chi connectivity index (χ0) is 21.9. The van der Waals surface area contributed by atoms with E-state index in [1.54, 1.807) is 0 Å². The van der Waals surface area contributed by atoms with Gasteiger partial charge in [-0.25, -0.2) is 4.98 Å². The molecule has 0 saturated carbocycles. The lowest BCUT2D eigenvalue weighted by Gasteiger charge is -2.24. The van der Waals surface area contributed by atoms with Crippen molar-refractivity contribution in [3.63, 3.8) is 0 Å². The van der Waals surface area contributed by atoms with Crippen molar-refractivity contribution in [1.82, 2.24) is 9.97 Å². The Bertz CT molecular complexity index is 1300. The van der Waals surface area contributed by atoms with Crippen LogP contribution in [0.25, 0.3) is 11.4 Å². The van der Waals surface area contributed by atoms with Crippen molar-refractivity contribution in [2.24, 2.45) is 0 Å². The Morgan fingerprint density at radius 3 is 2.28 bits per heavy atom. The molecule has 4 aromatic rings. The Hall–Kier alpha value is -4.19. The lowest BCUT2D eigenvalue weighted by Crippen LogP contribution is -2.31. The van der Waals surface area contributed by atoms with Crippen LogP contribution in [0.4, 0.5) is 5.82 Å². The van der Waals surface area contributed by atoms with Gasteiger partial charge in [0.1, 0.15) is 24.0 Å². The van der Waals surface area contributed by atoms with Crippen LogP contribution in [0.5, 0.6) is 5.75 Å². The normalized spacial score (nSPS) is 15.0. The van der Waals surface area contributed by atoms with Crippen LogP contribution in [0.15, 0.2) is 89.7 Å². The van der Waals surface area contributed by atoms with Gasteiger partial charge < -0.3 is 15.0 Å². The average molecular weight is 423 g/mol. The molecule has 6 heteroatoms. The standard InChI is InChI=1S/C26H21N3O3/c30-22-15-21(18-11-13-20(14-12-18)32-16-17-7-3-1-4-8-17)23-25(27-22)28-24(29-26(23)31)19-9-5-2-6-10-19/h1-14,21H,15-16H2,(H2,27,28,29,30,31)/t21-/m1/s1. The van der Waals surface area contributed by atoms with Crippen LogP contribution in [0.2, 0.25) is 0 Å². The van der Waals surface area contributed by atoms with Crippen LogP contribution in [0.3, 0.4) is 0 Å². The van der Waals surface area contributed by atoms with Gasteiger partial charge in [0.05, 0.1) is 5.56 Å². The molecule has 6 nitrogen and oxygen atoms in total. The number of hydrogen-bond acceptors (Lipinski definition) is 4. The highest BCUT2D eigenvalue weighted by molar-refractivity contribution is 5.94. The van der Waals surface area contributed by atoms with Gasteiger partial charge in [-0.2, -0.15) is 0 Å². The van der Waals surface area contributed by atoms with Crippen molar-refractivity contribution in [2.75, 3.05) is 5.32 Å². The first kappa shape index (κ1) is 19.8. The van der Waals surface area contributed by atoms with Gasteiger partial charge in [0.25, 0.3) is 5.56 Å². The molecule has 3 aromatic carbocycles. The van der Waals surface area contributed by atoms with E-state index in [-0.39, 0.29) is 23.8 Å². The summed E-state index contributed by atoms with van der Waals surface area (Å²) in [5.41, 5.74) is 2.96. The zero-order valence-electron chi connectivity index (χ0n) is 17.2. The summed E-state index contributed by atoms with van der Waals surface area (Å²) in [6.45, 7) is 0.473. The van der Waals surface area contributed by atoms with Gasteiger partial charge in [-0.1, -0.05) is 72.8 Å². The molecule has 1 atom stereocenters. The summed E-state index contributed by atoms with van der Waals surface area (Å²) >= 11 is 0. The number of fused-ring (bicyclic) bond motifs is 1. The van der Waals surface area contributed by atoms with Gasteiger partial charge in [0.2, 0.25) is 5.91 Å². The zero-order valence-corrected chi connectivity index (χ0v) is 17.2. The van der Waals surface area contributed by atoms with Crippen molar-refractivity contribution in [3.8, 4) is 17.1 Å². The van der Waals surface area contributed by atoms with Crippen molar-refractivity contribution < 1.29 is 9.53 Å². The van der Waals surface area contributed by atoms with Gasteiger partial charge in [0.15, 0.2) is 0 Å². The summed E-state index contributed by atoms with van der Waals surface area (Å²) in [4.78, 5) is 32.8. The third kappa shape index (κ3) is 4.03. The number of carbonyl (C=O) groups excluding carboxylic acids is 1. The molecule has 1 amide bonds. The fourth-order valence-corrected chi connectivity index (χ4v) is 3.93. The molecule has 5 rings (SSSR count). The monoisotopic (exact) mass is 423 g/mol. The van der Waals surface area contributed by atoms with Crippen molar-refractivity contribution in [3.05, 3.63) is 112 Å². The Kier molecular flexibility index (Phi) is 5.25. The molecular weight excluding hydrogens is 402 g/mol. The number of H-pyrrole nitrogens is 1. The van der Waals surface area contributed by atoms with Crippen LogP contribution in [0, 0.1) is 0 Å². The van der Waals surface area contributed by atoms with Crippen LogP contribution >= 0.6 is 0 Å². The molecule has 2 N–H and O–H groups in total. The number of carbonyl (C=O) groups is 1. The third-order valence-corrected chi connectivity index (χ3v) is 5.53. The van der Waals surface area contributed by atoms with E-state index in [9.17, 15) is 9.59 Å². The van der Waals surface area contributed by atoms with E-state index in [2.05, 4.69) is 15.3 Å². The number of hydrogen-bond donors (Lipinski definition) is 2. The van der Waals surface area contributed by atoms with E-state index < -0.39 is 0 Å². The minimum absolute atomic E-state index is 0.163. The van der Waals surface area contributed by atoms with E-state index >= 15 is 0 Å². The first-order chi connectivity index (χ1) is 15.7. The first-order valence-electron chi connectivity index (χ1n) is 10.4. The highest BCUT2D eigenvalue weighted by Crippen LogP contribution is 2.35. The Morgan fingerprint density at radius 1 is 0.875 bits per heavy atom. The number of amides is 1. The molecule has 2 heterocycles. The van der Waals surface area contributed by atoms with E-state index in [4.69, 9.17) is 4.74 Å². The van der Waals surface area contributed by atoms with E-state index in [0.717, 1.165) is 22.4 Å². The van der Waals surface area contributed by atoms with Gasteiger partial charge >= 0.3 is 0 Å². The van der Waals surface area contributed by atoms with Gasteiger partial charge in [-0.3, -0.25) is 9.59 Å². The van der Waals surface area contributed by atoms with Crippen LogP contribution in [-0.2, 0) is 11.4 Å². The minimum atomic E-state index is -0.372. The summed E-state index contributed by atoms with van der Waals surface area (Å²) in [5, 5.41) is 2.77. The molecular formula is C26H21N3O3. The predicted molar refractivity (Wildman–Crippen MR) is 123 cm³/mol. The molecule has 0 bridgehead atoms. The van der Waals surface area contributed by atoms with Crippen molar-refractivity contribution in [2.45, 2.75) is 18.9 Å². The number of aromatic amines is 1. The quantitative estimate of drug-likeness (QED) is 0.495. The molecule has 0 saturated heterocycles. The predicted octanol–water partition coefficient (Wildman–Crippen LogP) is 4.49. The molecule has 158 valence electrons. The third-order valence-electron chi connectivity index (χ3n) is 5.53. The maximum Gasteiger partial charge on any atom is 0.257 e. The number of aromatic nitrogens is 2. The Labute approximate surface area is 184 Å². The number of anilines is 1. The van der Waals surface area contributed by atoms with Gasteiger partial charge in [-0.05, 0) is 23.3 Å². The second-order valence-corrected chi connectivity index (χ2v) is 7.69. The summed E-state index contributed by atoms with van der Waals surface area (Å²) in [5.74, 6) is 0.940. The van der Waals surface area contributed by atoms with Gasteiger partial charge in [-0.15, -0.1) is 0 Å². The fourth-order valence-electron chi connectivity index (χ4n) is 3.93. The highest BCUT2D eigenvalue weighted by Gasteiger charge is 2.31. The van der Waals surface area contributed by atoms with E-state index in [1.807, 2.05) is 84.9 Å². The Balaban J connectivity index is 1.42. The second-order valence-electron chi connectivity index (χ2n) is 7.69. The molecule has 1 aliphatic heterocycles. The molecule has 0 aliphatic carbocycles. The summed E-state index contributed by atoms with van der Waals surface area (Å²) < 4.78 is 5.85. The Morgan fingerprint density at radius 2 is 1.56 bits per heavy atom. The summed E-state index contributed by atoms with van der Waals surface area (Å²) in [6, 6.07) is 26.8. The lowest BCUT2D eigenvalue weighted by atomic mass is 9.87. The average Bonchev–Trinajstić information content (AvgIpc) is 2.83. The molecule has 32 heavy (non-hydrogen) atoms. The number of ether oxygens (including phenoxy) is 1. The minimum Gasteiger partial charge on any atom is -0.489 e. The molecule has 1 aliphatic rings. The molecule has 0 radical (unpaired) electrons. The van der Waals surface area contributed by atoms with E-state index in [1.165, 1.54) is 0 Å². The molecule has 0 spiro atoms. The fraction of sp³-hybridized carbons (Fsp3) is 0.115. The maximum absolute atomic E-state index is 13.0. The van der Waals surface area contributed by atoms with E-state index in [0.29, 0.717) is 23.8 Å². The number of nitrogens with zero attached hydrogens (tertiary/aromatic N) is 1. The maximum atomic E-state index is 13.0. The second kappa shape index (κ2) is 8.51. The van der Waals surface area contributed by atoms with Crippen LogP contribution in [-0.4, -0.2) is 15.9 Å². The number of benzene rings is 3. The largest absolute Gasteiger partial charge is 0.489 e.